The van der Waals surface area contributed by atoms with Crippen LogP contribution < -0.4 is 26.2 Å². The normalized spacial score (nSPS) is 19.0. The van der Waals surface area contributed by atoms with E-state index in [0.29, 0.717) is 0 Å². The molecule has 0 spiro atoms. The molecule has 0 bridgehead atoms. The maximum atomic E-state index is 6.64. The molecule has 1 fully saturated rings. The van der Waals surface area contributed by atoms with E-state index in [9.17, 15) is 0 Å². The molecule has 0 saturated carbocycles. The van der Waals surface area contributed by atoms with E-state index < -0.39 is 26.4 Å². The summed E-state index contributed by atoms with van der Waals surface area (Å²) in [4.78, 5) is 0. The van der Waals surface area contributed by atoms with Crippen molar-refractivity contribution in [3.8, 4) is 11.1 Å². The summed E-state index contributed by atoms with van der Waals surface area (Å²) in [5, 5.41) is 5.60. The molecule has 2 aliphatic heterocycles. The van der Waals surface area contributed by atoms with Gasteiger partial charge in [-0.05, 0) is 65.0 Å². The Balaban J connectivity index is 1.72. The molecule has 34 heavy (non-hydrogen) atoms. The minimum atomic E-state index is -2.59. The van der Waals surface area contributed by atoms with Crippen molar-refractivity contribution >= 4 is 41.4 Å². The molecule has 0 radical (unpaired) electrons. The Labute approximate surface area is 203 Å². The van der Waals surface area contributed by atoms with Crippen LogP contribution in [0.4, 0.5) is 0 Å². The number of benzene rings is 4. The minimum Gasteiger partial charge on any atom is -0.399 e. The monoisotopic (exact) mass is 460 g/mol. The zero-order valence-corrected chi connectivity index (χ0v) is 21.2. The first kappa shape index (κ1) is 21.6. The molecular weight excluding hydrogens is 431 g/mol. The summed E-state index contributed by atoms with van der Waals surface area (Å²) in [6.07, 6.45) is 0. The third-order valence-electron chi connectivity index (χ3n) is 8.01. The Morgan fingerprint density at radius 3 is 1.65 bits per heavy atom. The van der Waals surface area contributed by atoms with E-state index >= 15 is 0 Å². The zero-order chi connectivity index (χ0) is 23.6. The van der Waals surface area contributed by atoms with Crippen molar-refractivity contribution in [3.05, 3.63) is 103 Å². The smallest absolute Gasteiger partial charge is 0.399 e. The predicted octanol–water partition coefficient (Wildman–Crippen LogP) is 3.34. The second kappa shape index (κ2) is 7.54. The standard InChI is InChI=1S/C30H29BO2Si/c1-29(2)30(3,4)33-31(32-29)26-20-13-19-25-24-18-11-12-21-27(24)34(28(25)26,22-14-7-5-8-15-22)23-16-9-6-10-17-23/h5-21H,1-4H3. The van der Waals surface area contributed by atoms with Gasteiger partial charge >= 0.3 is 7.12 Å². The average Bonchev–Trinajstić information content (AvgIpc) is 3.27. The summed E-state index contributed by atoms with van der Waals surface area (Å²) in [7, 11) is -3.00. The van der Waals surface area contributed by atoms with Gasteiger partial charge in [-0.2, -0.15) is 0 Å². The van der Waals surface area contributed by atoms with Crippen LogP contribution in [-0.4, -0.2) is 26.4 Å². The van der Waals surface area contributed by atoms with Crippen LogP contribution in [0.3, 0.4) is 0 Å². The van der Waals surface area contributed by atoms with Crippen LogP contribution in [0, 0.1) is 0 Å². The molecule has 2 heterocycles. The van der Waals surface area contributed by atoms with Gasteiger partial charge in [0.1, 0.15) is 0 Å². The van der Waals surface area contributed by atoms with Gasteiger partial charge in [-0.15, -0.1) is 0 Å². The van der Waals surface area contributed by atoms with E-state index in [1.165, 1.54) is 31.9 Å². The largest absolute Gasteiger partial charge is 0.494 e. The van der Waals surface area contributed by atoms with Crippen molar-refractivity contribution < 1.29 is 9.31 Å². The molecular formula is C30H29BO2Si. The van der Waals surface area contributed by atoms with Crippen LogP contribution in [0.5, 0.6) is 0 Å². The highest BCUT2D eigenvalue weighted by molar-refractivity contribution is 7.23. The highest BCUT2D eigenvalue weighted by atomic mass is 28.3. The lowest BCUT2D eigenvalue weighted by Gasteiger charge is -2.33. The third-order valence-corrected chi connectivity index (χ3v) is 13.0. The van der Waals surface area contributed by atoms with Crippen LogP contribution in [0.2, 0.25) is 0 Å². The molecule has 4 aromatic rings. The van der Waals surface area contributed by atoms with Gasteiger partial charge in [0, 0.05) is 0 Å². The molecule has 0 amide bonds. The van der Waals surface area contributed by atoms with E-state index in [0.717, 1.165) is 5.46 Å². The number of hydrogen-bond acceptors (Lipinski definition) is 2. The van der Waals surface area contributed by atoms with Crippen LogP contribution in [0.1, 0.15) is 27.7 Å². The first-order valence-corrected chi connectivity index (χ1v) is 14.1. The van der Waals surface area contributed by atoms with Gasteiger partial charge in [-0.3, -0.25) is 0 Å². The van der Waals surface area contributed by atoms with E-state index in [2.05, 4.69) is 131 Å². The van der Waals surface area contributed by atoms with Gasteiger partial charge in [0.15, 0.2) is 8.07 Å². The molecule has 4 aromatic carbocycles. The summed E-state index contributed by atoms with van der Waals surface area (Å²) in [6.45, 7) is 8.52. The van der Waals surface area contributed by atoms with E-state index in [1.807, 2.05) is 0 Å². The van der Waals surface area contributed by atoms with Crippen molar-refractivity contribution in [2.24, 2.45) is 0 Å². The van der Waals surface area contributed by atoms with Crippen LogP contribution >= 0.6 is 0 Å². The lowest BCUT2D eigenvalue weighted by molar-refractivity contribution is 0.00578. The molecule has 2 nitrogen and oxygen atoms in total. The van der Waals surface area contributed by atoms with Gasteiger partial charge in [0.2, 0.25) is 0 Å². The fourth-order valence-corrected chi connectivity index (χ4v) is 11.1. The topological polar surface area (TPSA) is 18.5 Å². The molecule has 0 N–H and O–H groups in total. The summed E-state index contributed by atoms with van der Waals surface area (Å²) >= 11 is 0. The van der Waals surface area contributed by atoms with Crippen LogP contribution in [0.25, 0.3) is 11.1 Å². The van der Waals surface area contributed by atoms with Crippen LogP contribution in [-0.2, 0) is 9.31 Å². The molecule has 2 aliphatic rings. The van der Waals surface area contributed by atoms with Crippen molar-refractivity contribution in [3.63, 3.8) is 0 Å². The number of fused-ring (bicyclic) bond motifs is 3. The number of rotatable bonds is 3. The molecule has 6 rings (SSSR count). The Morgan fingerprint density at radius 1 is 0.559 bits per heavy atom. The van der Waals surface area contributed by atoms with Crippen molar-refractivity contribution in [2.45, 2.75) is 38.9 Å². The Hall–Kier alpha value is -2.92. The van der Waals surface area contributed by atoms with E-state index in [4.69, 9.17) is 9.31 Å². The molecule has 0 aromatic heterocycles. The first-order valence-electron chi connectivity index (χ1n) is 12.1. The van der Waals surface area contributed by atoms with Crippen molar-refractivity contribution in [2.75, 3.05) is 0 Å². The lowest BCUT2D eigenvalue weighted by atomic mass is 9.78. The molecule has 0 aliphatic carbocycles. The van der Waals surface area contributed by atoms with Gasteiger partial charge in [0.05, 0.1) is 11.2 Å². The quantitative estimate of drug-likeness (QED) is 0.385. The fraction of sp³-hybridized carbons (Fsp3) is 0.200. The molecule has 1 saturated heterocycles. The minimum absolute atomic E-state index is 0.393. The molecule has 168 valence electrons. The lowest BCUT2D eigenvalue weighted by Crippen LogP contribution is -2.76. The Kier molecular flexibility index (Phi) is 4.79. The highest BCUT2D eigenvalue weighted by Crippen LogP contribution is 2.37. The average molecular weight is 460 g/mol. The highest BCUT2D eigenvalue weighted by Gasteiger charge is 2.56. The van der Waals surface area contributed by atoms with Gasteiger partial charge in [-0.1, -0.05) is 103 Å². The Bertz CT molecular complexity index is 1310. The Morgan fingerprint density at radius 2 is 1.06 bits per heavy atom. The maximum absolute atomic E-state index is 6.64. The van der Waals surface area contributed by atoms with Gasteiger partial charge in [0.25, 0.3) is 0 Å². The number of hydrogen-bond donors (Lipinski definition) is 0. The van der Waals surface area contributed by atoms with Gasteiger partial charge in [-0.25, -0.2) is 0 Å². The predicted molar refractivity (Wildman–Crippen MR) is 145 cm³/mol. The maximum Gasteiger partial charge on any atom is 0.494 e. The molecule has 0 atom stereocenters. The zero-order valence-electron chi connectivity index (χ0n) is 20.2. The second-order valence-corrected chi connectivity index (χ2v) is 14.1. The van der Waals surface area contributed by atoms with E-state index in [1.54, 1.807) is 0 Å². The molecule has 0 unspecified atom stereocenters. The fourth-order valence-electron chi connectivity index (χ4n) is 5.70. The summed E-state index contributed by atoms with van der Waals surface area (Å²) in [6, 6.07) is 37.8. The van der Waals surface area contributed by atoms with Crippen molar-refractivity contribution in [1.82, 2.24) is 0 Å². The van der Waals surface area contributed by atoms with E-state index in [-0.39, 0.29) is 0 Å². The third kappa shape index (κ3) is 2.89. The summed E-state index contributed by atoms with van der Waals surface area (Å²) in [5.41, 5.74) is 3.01. The SMILES string of the molecule is CC1(C)OB(c2cccc3c2[Si](c2ccccc2)(c2ccccc2)c2ccccc2-3)OC1(C)C. The van der Waals surface area contributed by atoms with Crippen molar-refractivity contribution in [1.29, 1.82) is 0 Å². The van der Waals surface area contributed by atoms with Gasteiger partial charge < -0.3 is 9.31 Å². The summed E-state index contributed by atoms with van der Waals surface area (Å²) in [5.74, 6) is 0. The first-order chi connectivity index (χ1) is 16.4. The molecule has 4 heteroatoms. The summed E-state index contributed by atoms with van der Waals surface area (Å²) < 4.78 is 13.3. The second-order valence-electron chi connectivity index (χ2n) is 10.4. The van der Waals surface area contributed by atoms with Crippen LogP contribution in [0.15, 0.2) is 103 Å².